The van der Waals surface area contributed by atoms with Gasteiger partial charge in [0, 0.05) is 7.05 Å². The van der Waals surface area contributed by atoms with Crippen LogP contribution >= 0.6 is 0 Å². The molecule has 0 atom stereocenters. The minimum Gasteiger partial charge on any atom is -0.477 e. The van der Waals surface area contributed by atoms with Crippen LogP contribution in [0.25, 0.3) is 0 Å². The fourth-order valence-corrected chi connectivity index (χ4v) is 1.000. The largest absolute Gasteiger partial charge is 0.477 e. The molecule has 0 aliphatic heterocycles. The average molecular weight is 209 g/mol. The summed E-state index contributed by atoms with van der Waals surface area (Å²) < 4.78 is 5.51. The van der Waals surface area contributed by atoms with Crippen LogP contribution in [-0.4, -0.2) is 23.6 Å². The van der Waals surface area contributed by atoms with Crippen LogP contribution in [0.3, 0.4) is 0 Å². The van der Waals surface area contributed by atoms with Gasteiger partial charge in [0.1, 0.15) is 5.82 Å². The minimum absolute atomic E-state index is 0.286. The van der Waals surface area contributed by atoms with Crippen molar-refractivity contribution < 1.29 is 4.74 Å². The predicted octanol–water partition coefficient (Wildman–Crippen LogP) is 2.33. The van der Waals surface area contributed by atoms with E-state index in [-0.39, 0.29) is 5.41 Å². The number of aromatic nitrogens is 2. The molecule has 1 heterocycles. The Hall–Kier alpha value is -1.32. The normalized spacial score (nSPS) is 11.2. The third-order valence-corrected chi connectivity index (χ3v) is 1.97. The van der Waals surface area contributed by atoms with E-state index >= 15 is 0 Å². The second kappa shape index (κ2) is 4.96. The molecule has 0 aromatic carbocycles. The Morgan fingerprint density at radius 1 is 1.33 bits per heavy atom. The molecule has 4 nitrogen and oxygen atoms in total. The van der Waals surface area contributed by atoms with Crippen molar-refractivity contribution in [1.29, 1.82) is 0 Å². The first-order valence-electron chi connectivity index (χ1n) is 5.14. The summed E-state index contributed by atoms with van der Waals surface area (Å²) in [5, 5.41) is 2.92. The van der Waals surface area contributed by atoms with Crippen molar-refractivity contribution in [3.05, 3.63) is 12.4 Å². The summed E-state index contributed by atoms with van der Waals surface area (Å²) in [7, 11) is 1.81. The first kappa shape index (κ1) is 11.8. The number of hydrogen-bond acceptors (Lipinski definition) is 4. The maximum absolute atomic E-state index is 5.51. The lowest BCUT2D eigenvalue weighted by Crippen LogP contribution is -2.11. The number of nitrogens with one attached hydrogen (secondary N) is 1. The topological polar surface area (TPSA) is 47.0 Å². The van der Waals surface area contributed by atoms with Gasteiger partial charge in [-0.25, -0.2) is 0 Å². The molecule has 0 fully saturated rings. The predicted molar refractivity (Wildman–Crippen MR) is 61.1 cm³/mol. The van der Waals surface area contributed by atoms with Crippen molar-refractivity contribution >= 4 is 5.82 Å². The van der Waals surface area contributed by atoms with E-state index in [9.17, 15) is 0 Å². The van der Waals surface area contributed by atoms with Gasteiger partial charge in [-0.3, -0.25) is 4.98 Å². The SMILES string of the molecule is CNc1cncc(OCCC(C)(C)C)n1. The average Bonchev–Trinajstić information content (AvgIpc) is 2.16. The van der Waals surface area contributed by atoms with Gasteiger partial charge in [-0.15, -0.1) is 0 Å². The molecule has 1 N–H and O–H groups in total. The summed E-state index contributed by atoms with van der Waals surface area (Å²) in [6.45, 7) is 7.23. The monoisotopic (exact) mass is 209 g/mol. The number of nitrogens with zero attached hydrogens (tertiary/aromatic N) is 2. The number of rotatable bonds is 4. The zero-order chi connectivity index (χ0) is 11.3. The molecular formula is C11H19N3O. The molecule has 0 unspecified atom stereocenters. The molecule has 0 saturated carbocycles. The number of anilines is 1. The summed E-state index contributed by atoms with van der Waals surface area (Å²) in [6.07, 6.45) is 4.29. The van der Waals surface area contributed by atoms with E-state index in [0.717, 1.165) is 12.2 Å². The summed E-state index contributed by atoms with van der Waals surface area (Å²) in [5.74, 6) is 1.30. The fourth-order valence-electron chi connectivity index (χ4n) is 1.000. The molecule has 84 valence electrons. The third-order valence-electron chi connectivity index (χ3n) is 1.97. The highest BCUT2D eigenvalue weighted by Gasteiger charge is 2.10. The van der Waals surface area contributed by atoms with Crippen molar-refractivity contribution in [3.8, 4) is 5.88 Å². The van der Waals surface area contributed by atoms with Gasteiger partial charge in [-0.05, 0) is 11.8 Å². The molecule has 0 amide bonds. The zero-order valence-electron chi connectivity index (χ0n) is 9.87. The van der Waals surface area contributed by atoms with E-state index in [0.29, 0.717) is 12.5 Å². The Bertz CT molecular complexity index is 307. The molecule has 0 bridgehead atoms. The van der Waals surface area contributed by atoms with Crippen LogP contribution < -0.4 is 10.1 Å². The van der Waals surface area contributed by atoms with Crippen molar-refractivity contribution in [3.63, 3.8) is 0 Å². The van der Waals surface area contributed by atoms with Gasteiger partial charge in [0.15, 0.2) is 0 Å². The molecule has 1 aromatic rings. The van der Waals surface area contributed by atoms with Gasteiger partial charge >= 0.3 is 0 Å². The van der Waals surface area contributed by atoms with Crippen molar-refractivity contribution in [2.45, 2.75) is 27.2 Å². The molecule has 0 aliphatic carbocycles. The van der Waals surface area contributed by atoms with Crippen LogP contribution in [-0.2, 0) is 0 Å². The zero-order valence-corrected chi connectivity index (χ0v) is 9.87. The van der Waals surface area contributed by atoms with Crippen LogP contribution in [0.5, 0.6) is 5.88 Å². The summed E-state index contributed by atoms with van der Waals surface area (Å²) in [6, 6.07) is 0. The van der Waals surface area contributed by atoms with Crippen molar-refractivity contribution in [2.75, 3.05) is 19.0 Å². The standard InChI is InChI=1S/C11H19N3O/c1-11(2,3)5-6-15-10-8-13-7-9(12-4)14-10/h7-8H,5-6H2,1-4H3,(H,12,14). The van der Waals surface area contributed by atoms with E-state index in [4.69, 9.17) is 4.74 Å². The molecule has 4 heteroatoms. The first-order chi connectivity index (χ1) is 7.01. The van der Waals surface area contributed by atoms with E-state index < -0.39 is 0 Å². The van der Waals surface area contributed by atoms with Gasteiger partial charge in [0.25, 0.3) is 0 Å². The molecule has 0 spiro atoms. The highest BCUT2D eigenvalue weighted by atomic mass is 16.5. The Balaban J connectivity index is 2.44. The van der Waals surface area contributed by atoms with Crippen LogP contribution in [0.4, 0.5) is 5.82 Å². The maximum atomic E-state index is 5.51. The maximum Gasteiger partial charge on any atom is 0.234 e. The Labute approximate surface area is 91.1 Å². The van der Waals surface area contributed by atoms with E-state index in [2.05, 4.69) is 36.1 Å². The highest BCUT2D eigenvalue weighted by molar-refractivity contribution is 5.31. The quantitative estimate of drug-likeness (QED) is 0.826. The molecular weight excluding hydrogens is 190 g/mol. The molecule has 1 aromatic heterocycles. The Morgan fingerprint density at radius 2 is 2.07 bits per heavy atom. The smallest absolute Gasteiger partial charge is 0.234 e. The summed E-state index contributed by atoms with van der Waals surface area (Å²) in [5.41, 5.74) is 0.286. The van der Waals surface area contributed by atoms with Crippen LogP contribution in [0, 0.1) is 5.41 Å². The molecule has 15 heavy (non-hydrogen) atoms. The summed E-state index contributed by atoms with van der Waals surface area (Å²) >= 11 is 0. The van der Waals surface area contributed by atoms with Gasteiger partial charge < -0.3 is 10.1 Å². The minimum atomic E-state index is 0.286. The second-order valence-electron chi connectivity index (χ2n) is 4.65. The van der Waals surface area contributed by atoms with Gasteiger partial charge in [0.2, 0.25) is 5.88 Å². The van der Waals surface area contributed by atoms with E-state index in [1.807, 2.05) is 7.05 Å². The highest BCUT2D eigenvalue weighted by Crippen LogP contribution is 2.18. The van der Waals surface area contributed by atoms with Crippen molar-refractivity contribution in [2.24, 2.45) is 5.41 Å². The van der Waals surface area contributed by atoms with Crippen molar-refractivity contribution in [1.82, 2.24) is 9.97 Å². The van der Waals surface area contributed by atoms with E-state index in [1.165, 1.54) is 0 Å². The lowest BCUT2D eigenvalue weighted by Gasteiger charge is -2.17. The van der Waals surface area contributed by atoms with Gasteiger partial charge in [-0.1, -0.05) is 20.8 Å². The van der Waals surface area contributed by atoms with Crippen LogP contribution in [0.2, 0.25) is 0 Å². The van der Waals surface area contributed by atoms with Crippen LogP contribution in [0.1, 0.15) is 27.2 Å². The molecule has 0 radical (unpaired) electrons. The van der Waals surface area contributed by atoms with Gasteiger partial charge in [-0.2, -0.15) is 4.98 Å². The lowest BCUT2D eigenvalue weighted by molar-refractivity contribution is 0.236. The fraction of sp³-hybridized carbons (Fsp3) is 0.636. The van der Waals surface area contributed by atoms with Crippen LogP contribution in [0.15, 0.2) is 12.4 Å². The van der Waals surface area contributed by atoms with E-state index in [1.54, 1.807) is 12.4 Å². The second-order valence-corrected chi connectivity index (χ2v) is 4.65. The van der Waals surface area contributed by atoms with Gasteiger partial charge in [0.05, 0.1) is 19.0 Å². The Morgan fingerprint density at radius 3 is 2.67 bits per heavy atom. The summed E-state index contributed by atoms with van der Waals surface area (Å²) in [4.78, 5) is 8.24. The number of hydrogen-bond donors (Lipinski definition) is 1. The first-order valence-corrected chi connectivity index (χ1v) is 5.14. The third kappa shape index (κ3) is 4.63. The molecule has 1 rings (SSSR count). The molecule has 0 aliphatic rings. The number of ether oxygens (including phenoxy) is 1. The molecule has 0 saturated heterocycles. The Kier molecular flexibility index (Phi) is 3.88. The lowest BCUT2D eigenvalue weighted by atomic mass is 9.93.